The van der Waals surface area contributed by atoms with E-state index in [-0.39, 0.29) is 5.65 Å². The summed E-state index contributed by atoms with van der Waals surface area (Å²) in [5, 5.41) is 27.6. The van der Waals surface area contributed by atoms with Gasteiger partial charge in [-0.15, -0.1) is 0 Å². The topological polar surface area (TPSA) is 122 Å². The minimum atomic E-state index is -1.68. The van der Waals surface area contributed by atoms with Crippen molar-refractivity contribution in [2.24, 2.45) is 0 Å². The number of hydrogen-bond acceptors (Lipinski definition) is 6. The molecule has 76 valence electrons. The second-order valence-corrected chi connectivity index (χ2v) is 2.77. The minimum Gasteiger partial charge on any atom is -0.545 e. The third-order valence-corrected chi connectivity index (χ3v) is 1.84. The maximum atomic E-state index is 10.6. The van der Waals surface area contributed by atoms with Crippen molar-refractivity contribution in [3.05, 3.63) is 23.5 Å². The molecule has 0 aromatic carbocycles. The zero-order valence-electron chi connectivity index (χ0n) is 7.18. The molecule has 0 amide bonds. The average molecular weight is 205 g/mol. The number of pyridine rings is 1. The lowest BCUT2D eigenvalue weighted by Crippen LogP contribution is -2.31. The highest BCUT2D eigenvalue weighted by Gasteiger charge is 2.09. The first-order chi connectivity index (χ1) is 7.09. The molecular formula is C8H3N3O4-2. The molecule has 0 fully saturated rings. The van der Waals surface area contributed by atoms with E-state index in [1.165, 1.54) is 6.20 Å². The van der Waals surface area contributed by atoms with Gasteiger partial charge in [-0.2, -0.15) is 5.10 Å². The molecule has 2 aromatic rings. The lowest BCUT2D eigenvalue weighted by Gasteiger charge is -2.09. The summed E-state index contributed by atoms with van der Waals surface area (Å²) in [4.78, 5) is 24.8. The van der Waals surface area contributed by atoms with Crippen LogP contribution in [0.15, 0.2) is 12.3 Å². The smallest absolute Gasteiger partial charge is 0.155 e. The van der Waals surface area contributed by atoms with E-state index >= 15 is 0 Å². The van der Waals surface area contributed by atoms with E-state index in [9.17, 15) is 19.8 Å². The molecule has 0 aliphatic heterocycles. The minimum absolute atomic E-state index is 0.180. The van der Waals surface area contributed by atoms with Gasteiger partial charge in [0.05, 0.1) is 23.8 Å². The molecule has 15 heavy (non-hydrogen) atoms. The number of rotatable bonds is 2. The zero-order valence-corrected chi connectivity index (χ0v) is 7.18. The monoisotopic (exact) mass is 205 g/mol. The Labute approximate surface area is 82.4 Å². The summed E-state index contributed by atoms with van der Waals surface area (Å²) in [6.07, 6.45) is 1.33. The lowest BCUT2D eigenvalue weighted by atomic mass is 10.1. The van der Waals surface area contributed by atoms with Crippen LogP contribution in [0.3, 0.4) is 0 Å². The van der Waals surface area contributed by atoms with Crippen molar-refractivity contribution in [1.29, 1.82) is 0 Å². The zero-order chi connectivity index (χ0) is 11.0. The Bertz CT molecular complexity index is 512. The van der Waals surface area contributed by atoms with Crippen LogP contribution in [-0.2, 0) is 0 Å². The Kier molecular flexibility index (Phi) is 1.86. The Balaban J connectivity index is 2.79. The number of carbonyl (C=O) groups is 2. The molecule has 0 aliphatic carbocycles. The van der Waals surface area contributed by atoms with Crippen LogP contribution in [-0.4, -0.2) is 27.1 Å². The van der Waals surface area contributed by atoms with Gasteiger partial charge in [0.15, 0.2) is 5.65 Å². The maximum absolute atomic E-state index is 10.6. The molecule has 0 atom stereocenters. The third-order valence-electron chi connectivity index (χ3n) is 1.84. The van der Waals surface area contributed by atoms with Crippen LogP contribution in [0.1, 0.15) is 20.8 Å². The molecule has 1 N–H and O–H groups in total. The molecule has 2 heterocycles. The number of aromatic carboxylic acids is 2. The normalized spacial score (nSPS) is 10.4. The summed E-state index contributed by atoms with van der Waals surface area (Å²) in [6, 6.07) is 1.12. The van der Waals surface area contributed by atoms with Crippen LogP contribution >= 0.6 is 0 Å². The molecular weight excluding hydrogens is 202 g/mol. The van der Waals surface area contributed by atoms with Gasteiger partial charge in [0, 0.05) is 10.9 Å². The number of carboxylic acids is 2. The van der Waals surface area contributed by atoms with Gasteiger partial charge >= 0.3 is 0 Å². The third kappa shape index (κ3) is 1.39. The average Bonchev–Trinajstić information content (AvgIpc) is 2.61. The molecule has 7 nitrogen and oxygen atoms in total. The number of H-pyrrole nitrogens is 1. The molecule has 0 bridgehead atoms. The fourth-order valence-electron chi connectivity index (χ4n) is 1.19. The van der Waals surface area contributed by atoms with Crippen LogP contribution < -0.4 is 10.2 Å². The number of carboxylic acid groups (broad SMARTS) is 2. The van der Waals surface area contributed by atoms with E-state index in [2.05, 4.69) is 15.2 Å². The van der Waals surface area contributed by atoms with E-state index in [0.29, 0.717) is 5.39 Å². The second-order valence-electron chi connectivity index (χ2n) is 2.77. The molecule has 0 aliphatic rings. The van der Waals surface area contributed by atoms with Crippen molar-refractivity contribution in [3.8, 4) is 0 Å². The van der Waals surface area contributed by atoms with Gasteiger partial charge in [0.25, 0.3) is 0 Å². The molecule has 0 saturated heterocycles. The number of nitrogens with one attached hydrogen (secondary N) is 1. The number of nitrogens with zero attached hydrogens (tertiary/aromatic N) is 2. The molecule has 0 radical (unpaired) electrons. The predicted octanol–water partition coefficient (Wildman–Crippen LogP) is -2.32. The van der Waals surface area contributed by atoms with Crippen molar-refractivity contribution in [1.82, 2.24) is 15.2 Å². The van der Waals surface area contributed by atoms with Gasteiger partial charge in [-0.05, 0) is 6.07 Å². The van der Waals surface area contributed by atoms with Crippen LogP contribution in [0.25, 0.3) is 11.0 Å². The van der Waals surface area contributed by atoms with E-state index in [0.717, 1.165) is 6.07 Å². The quantitative estimate of drug-likeness (QED) is 0.587. The number of hydrogen-bond donors (Lipinski definition) is 1. The predicted molar refractivity (Wildman–Crippen MR) is 42.5 cm³/mol. The Morgan fingerprint density at radius 2 is 2.00 bits per heavy atom. The fraction of sp³-hybridized carbons (Fsp3) is 0. The van der Waals surface area contributed by atoms with E-state index in [1.54, 1.807) is 0 Å². The number of aromatic nitrogens is 3. The Morgan fingerprint density at radius 1 is 1.27 bits per heavy atom. The fourth-order valence-corrected chi connectivity index (χ4v) is 1.19. The largest absolute Gasteiger partial charge is 0.545 e. The van der Waals surface area contributed by atoms with Crippen LogP contribution in [0.5, 0.6) is 0 Å². The van der Waals surface area contributed by atoms with Crippen molar-refractivity contribution < 1.29 is 19.8 Å². The Hall–Kier alpha value is -2.44. The summed E-state index contributed by atoms with van der Waals surface area (Å²) in [5.41, 5.74) is -1.02. The van der Waals surface area contributed by atoms with Crippen molar-refractivity contribution in [2.75, 3.05) is 0 Å². The van der Waals surface area contributed by atoms with Gasteiger partial charge in [-0.3, -0.25) is 5.10 Å². The first-order valence-corrected chi connectivity index (χ1v) is 3.86. The standard InChI is InChI=1S/C8H5N3O4/c12-7(13)4-1-3-2-9-11-6(3)10-5(4)8(14)15/h1-2H,(H,12,13)(H,14,15)(H,9,10,11)/p-2. The van der Waals surface area contributed by atoms with Gasteiger partial charge in [0.2, 0.25) is 0 Å². The maximum Gasteiger partial charge on any atom is 0.155 e. The molecule has 0 spiro atoms. The first kappa shape index (κ1) is 9.13. The van der Waals surface area contributed by atoms with Gasteiger partial charge in [-0.1, -0.05) is 0 Å². The molecule has 7 heteroatoms. The number of aromatic amines is 1. The number of fused-ring (bicyclic) bond motifs is 1. The summed E-state index contributed by atoms with van der Waals surface area (Å²) in [6.45, 7) is 0. The van der Waals surface area contributed by atoms with Gasteiger partial charge < -0.3 is 19.8 Å². The summed E-state index contributed by atoms with van der Waals surface area (Å²) in [7, 11) is 0. The summed E-state index contributed by atoms with van der Waals surface area (Å²) in [5.74, 6) is -3.30. The van der Waals surface area contributed by atoms with Crippen LogP contribution in [0.2, 0.25) is 0 Å². The van der Waals surface area contributed by atoms with Crippen molar-refractivity contribution >= 4 is 23.0 Å². The van der Waals surface area contributed by atoms with Crippen molar-refractivity contribution in [3.63, 3.8) is 0 Å². The summed E-state index contributed by atoms with van der Waals surface area (Å²) < 4.78 is 0. The molecule has 2 aromatic heterocycles. The second kappa shape index (κ2) is 3.05. The van der Waals surface area contributed by atoms with Gasteiger partial charge in [0.1, 0.15) is 0 Å². The lowest BCUT2D eigenvalue weighted by molar-refractivity contribution is -0.260. The van der Waals surface area contributed by atoms with Crippen LogP contribution in [0.4, 0.5) is 0 Å². The highest BCUT2D eigenvalue weighted by Crippen LogP contribution is 2.13. The number of carbonyl (C=O) groups excluding carboxylic acids is 2. The molecule has 0 saturated carbocycles. The molecule has 0 unspecified atom stereocenters. The Morgan fingerprint density at radius 3 is 2.60 bits per heavy atom. The van der Waals surface area contributed by atoms with E-state index < -0.39 is 23.2 Å². The first-order valence-electron chi connectivity index (χ1n) is 3.86. The van der Waals surface area contributed by atoms with E-state index in [4.69, 9.17) is 0 Å². The SMILES string of the molecule is O=C([O-])c1cc2cn[nH]c2nc1C(=O)[O-]. The van der Waals surface area contributed by atoms with E-state index in [1.807, 2.05) is 0 Å². The highest BCUT2D eigenvalue weighted by molar-refractivity contribution is 6.01. The van der Waals surface area contributed by atoms with Crippen molar-refractivity contribution in [2.45, 2.75) is 0 Å². The highest BCUT2D eigenvalue weighted by atomic mass is 16.4. The van der Waals surface area contributed by atoms with Gasteiger partial charge in [-0.25, -0.2) is 4.98 Å². The molecule has 2 rings (SSSR count). The van der Waals surface area contributed by atoms with Crippen LogP contribution in [0, 0.1) is 0 Å². The summed E-state index contributed by atoms with van der Waals surface area (Å²) >= 11 is 0.